The fourth-order valence-electron chi connectivity index (χ4n) is 1.62. The van der Waals surface area contributed by atoms with Crippen molar-refractivity contribution in [1.82, 2.24) is 19.8 Å². The number of halogens is 2. The maximum atomic E-state index is 13.7. The maximum Gasteiger partial charge on any atom is 0.364 e. The Labute approximate surface area is 114 Å². The summed E-state index contributed by atoms with van der Waals surface area (Å²) >= 11 is 0.758. The van der Waals surface area contributed by atoms with Crippen molar-refractivity contribution in [3.63, 3.8) is 0 Å². The van der Waals surface area contributed by atoms with Crippen molar-refractivity contribution in [2.75, 3.05) is 5.73 Å². The van der Waals surface area contributed by atoms with E-state index in [1.165, 1.54) is 12.1 Å². The first-order chi connectivity index (χ1) is 9.54. The van der Waals surface area contributed by atoms with Gasteiger partial charge in [-0.1, -0.05) is 11.8 Å². The molecule has 0 radical (unpaired) electrons. The highest BCUT2D eigenvalue weighted by Gasteiger charge is 2.13. The second-order valence-corrected chi connectivity index (χ2v) is 4.92. The number of aromatic amines is 1. The Balaban J connectivity index is 2.05. The summed E-state index contributed by atoms with van der Waals surface area (Å²) in [5.41, 5.74) is 5.13. The number of H-pyrrole nitrogens is 1. The summed E-state index contributed by atoms with van der Waals surface area (Å²) in [6.07, 6.45) is 0. The van der Waals surface area contributed by atoms with E-state index in [0.717, 1.165) is 28.4 Å². The van der Waals surface area contributed by atoms with Gasteiger partial charge in [-0.05, 0) is 24.3 Å². The minimum Gasteiger partial charge on any atom is -0.399 e. The molecule has 0 unspecified atom stereocenters. The molecule has 0 fully saturated rings. The van der Waals surface area contributed by atoms with Gasteiger partial charge in [-0.25, -0.2) is 18.7 Å². The van der Waals surface area contributed by atoms with Crippen LogP contribution in [0.3, 0.4) is 0 Å². The molecule has 0 aliphatic heterocycles. The number of nitrogens with zero attached hydrogens (tertiary/aromatic N) is 3. The van der Waals surface area contributed by atoms with E-state index in [1.54, 1.807) is 0 Å². The predicted octanol–water partition coefficient (Wildman–Crippen LogP) is 1.43. The van der Waals surface area contributed by atoms with Gasteiger partial charge in [0.1, 0.15) is 16.7 Å². The van der Waals surface area contributed by atoms with E-state index in [4.69, 9.17) is 5.73 Å². The van der Waals surface area contributed by atoms with Gasteiger partial charge in [-0.2, -0.15) is 14.7 Å². The summed E-state index contributed by atoms with van der Waals surface area (Å²) < 4.78 is 28.4. The average molecular weight is 295 g/mol. The smallest absolute Gasteiger partial charge is 0.364 e. The summed E-state index contributed by atoms with van der Waals surface area (Å²) in [5, 5.41) is 10.1. The zero-order chi connectivity index (χ0) is 14.3. The Morgan fingerprint density at radius 3 is 2.65 bits per heavy atom. The molecule has 0 amide bonds. The molecule has 9 heteroatoms. The number of nitrogens with two attached hydrogens (primary N) is 1. The number of aromatic nitrogens is 4. The molecule has 6 nitrogen and oxygen atoms in total. The minimum atomic E-state index is -0.783. The molecule has 0 saturated heterocycles. The van der Waals surface area contributed by atoms with Crippen LogP contribution in [0.2, 0.25) is 0 Å². The highest BCUT2D eigenvalue weighted by Crippen LogP contribution is 2.31. The van der Waals surface area contributed by atoms with Crippen LogP contribution in [0.1, 0.15) is 0 Å². The molecular formula is C11H7F2N5OS. The summed E-state index contributed by atoms with van der Waals surface area (Å²) in [6.45, 7) is 0. The van der Waals surface area contributed by atoms with Crippen LogP contribution in [0.4, 0.5) is 14.5 Å². The number of benzene rings is 1. The van der Waals surface area contributed by atoms with Crippen molar-refractivity contribution in [2.45, 2.75) is 9.92 Å². The van der Waals surface area contributed by atoms with E-state index in [-0.39, 0.29) is 15.6 Å². The molecule has 3 rings (SSSR count). The number of hydrogen-bond donors (Lipinski definition) is 2. The lowest BCUT2D eigenvalue weighted by molar-refractivity contribution is 0.541. The van der Waals surface area contributed by atoms with E-state index in [1.807, 2.05) is 0 Å². The van der Waals surface area contributed by atoms with Gasteiger partial charge in [0.25, 0.3) is 0 Å². The van der Waals surface area contributed by atoms with Crippen molar-refractivity contribution >= 4 is 23.1 Å². The third-order valence-electron chi connectivity index (χ3n) is 2.48. The SMILES string of the molecule is Nc1cc(F)c(Sc2ccc3n[nH]c(=O)n3n2)c(F)c1. The number of rotatable bonds is 2. The van der Waals surface area contributed by atoms with Crippen LogP contribution >= 0.6 is 11.8 Å². The summed E-state index contributed by atoms with van der Waals surface area (Å²) in [7, 11) is 0. The molecule has 0 saturated carbocycles. The molecule has 20 heavy (non-hydrogen) atoms. The Bertz CT molecular complexity index is 836. The molecule has 0 aliphatic rings. The highest BCUT2D eigenvalue weighted by atomic mass is 32.2. The van der Waals surface area contributed by atoms with E-state index in [0.29, 0.717) is 5.65 Å². The molecule has 0 bridgehead atoms. The standard InChI is InChI=1S/C11H7F2N5OS/c12-6-3-5(14)4-7(13)10(6)20-9-2-1-8-15-16-11(19)18(8)17-9/h1-4H,14H2,(H,16,19). The maximum absolute atomic E-state index is 13.7. The van der Waals surface area contributed by atoms with Gasteiger partial charge < -0.3 is 5.73 Å². The number of hydrogen-bond acceptors (Lipinski definition) is 5. The summed E-state index contributed by atoms with van der Waals surface area (Å²) in [5.74, 6) is -1.57. The molecule has 1 aromatic carbocycles. The first-order valence-corrected chi connectivity index (χ1v) is 6.23. The zero-order valence-electron chi connectivity index (χ0n) is 9.80. The molecule has 0 aliphatic carbocycles. The van der Waals surface area contributed by atoms with Crippen LogP contribution in [0, 0.1) is 11.6 Å². The van der Waals surface area contributed by atoms with Crippen LogP contribution in [-0.4, -0.2) is 19.8 Å². The number of nitrogens with one attached hydrogen (secondary N) is 1. The van der Waals surface area contributed by atoms with Crippen LogP contribution in [0.25, 0.3) is 5.65 Å². The summed E-state index contributed by atoms with van der Waals surface area (Å²) in [4.78, 5) is 11.1. The second kappa shape index (κ2) is 4.60. The van der Waals surface area contributed by atoms with E-state index >= 15 is 0 Å². The van der Waals surface area contributed by atoms with Crippen LogP contribution in [-0.2, 0) is 0 Å². The fourth-order valence-corrected chi connectivity index (χ4v) is 2.40. The lowest BCUT2D eigenvalue weighted by Crippen LogP contribution is -2.12. The number of anilines is 1. The minimum absolute atomic E-state index is 0.00110. The average Bonchev–Trinajstić information content (AvgIpc) is 2.75. The lowest BCUT2D eigenvalue weighted by Gasteiger charge is -2.05. The molecule has 0 atom stereocenters. The van der Waals surface area contributed by atoms with E-state index in [2.05, 4.69) is 15.3 Å². The predicted molar refractivity (Wildman–Crippen MR) is 68.5 cm³/mol. The lowest BCUT2D eigenvalue weighted by atomic mass is 10.3. The van der Waals surface area contributed by atoms with Gasteiger partial charge >= 0.3 is 5.69 Å². The quantitative estimate of drug-likeness (QED) is 0.698. The largest absolute Gasteiger partial charge is 0.399 e. The van der Waals surface area contributed by atoms with Crippen molar-refractivity contribution in [3.05, 3.63) is 46.4 Å². The fraction of sp³-hybridized carbons (Fsp3) is 0. The van der Waals surface area contributed by atoms with Gasteiger partial charge in [0.2, 0.25) is 0 Å². The van der Waals surface area contributed by atoms with Gasteiger partial charge in [0, 0.05) is 5.69 Å². The third-order valence-corrected chi connectivity index (χ3v) is 3.50. The monoisotopic (exact) mass is 295 g/mol. The van der Waals surface area contributed by atoms with Crippen LogP contribution < -0.4 is 11.4 Å². The molecule has 2 heterocycles. The zero-order valence-corrected chi connectivity index (χ0v) is 10.6. The Morgan fingerprint density at radius 1 is 1.25 bits per heavy atom. The molecule has 3 aromatic rings. The third kappa shape index (κ3) is 2.11. The first kappa shape index (κ1) is 12.6. The van der Waals surface area contributed by atoms with Crippen LogP contribution in [0.5, 0.6) is 0 Å². The Hall–Kier alpha value is -2.42. The second-order valence-electron chi connectivity index (χ2n) is 3.89. The topological polar surface area (TPSA) is 89.1 Å². The first-order valence-electron chi connectivity index (χ1n) is 5.41. The molecule has 3 N–H and O–H groups in total. The normalized spacial score (nSPS) is 11.1. The Kier molecular flexibility index (Phi) is 2.90. The Morgan fingerprint density at radius 2 is 1.95 bits per heavy atom. The van der Waals surface area contributed by atoms with Gasteiger partial charge in [-0.15, -0.1) is 0 Å². The highest BCUT2D eigenvalue weighted by molar-refractivity contribution is 7.99. The van der Waals surface area contributed by atoms with Crippen molar-refractivity contribution in [3.8, 4) is 0 Å². The van der Waals surface area contributed by atoms with Gasteiger partial charge in [0.15, 0.2) is 5.65 Å². The number of nitrogen functional groups attached to an aromatic ring is 1. The van der Waals surface area contributed by atoms with Crippen molar-refractivity contribution in [1.29, 1.82) is 0 Å². The molecule has 102 valence electrons. The van der Waals surface area contributed by atoms with Crippen molar-refractivity contribution in [2.24, 2.45) is 0 Å². The van der Waals surface area contributed by atoms with Crippen molar-refractivity contribution < 1.29 is 8.78 Å². The molecule has 0 spiro atoms. The molecule has 2 aromatic heterocycles. The van der Waals surface area contributed by atoms with Gasteiger partial charge in [-0.3, -0.25) is 0 Å². The van der Waals surface area contributed by atoms with Crippen LogP contribution in [0.15, 0.2) is 39.0 Å². The van der Waals surface area contributed by atoms with E-state index in [9.17, 15) is 13.6 Å². The van der Waals surface area contributed by atoms with E-state index < -0.39 is 17.3 Å². The summed E-state index contributed by atoms with van der Waals surface area (Å²) in [6, 6.07) is 5.07. The molecular weight excluding hydrogens is 288 g/mol. The number of fused-ring (bicyclic) bond motifs is 1. The van der Waals surface area contributed by atoms with Gasteiger partial charge in [0.05, 0.1) is 4.90 Å².